The molecule has 0 aliphatic carbocycles. The number of aryl methyl sites for hydroxylation is 1. The fourth-order valence-electron chi connectivity index (χ4n) is 2.33. The number of aromatic amines is 1. The van der Waals surface area contributed by atoms with Crippen LogP contribution in [0.1, 0.15) is 16.8 Å². The molecule has 1 saturated heterocycles. The van der Waals surface area contributed by atoms with Crippen LogP contribution in [0.4, 0.5) is 0 Å². The van der Waals surface area contributed by atoms with Gasteiger partial charge in [0, 0.05) is 38.1 Å². The molecule has 6 heteroatoms. The van der Waals surface area contributed by atoms with E-state index >= 15 is 0 Å². The van der Waals surface area contributed by atoms with Gasteiger partial charge in [-0.3, -0.25) is 4.79 Å². The van der Waals surface area contributed by atoms with Gasteiger partial charge in [0.25, 0.3) is 0 Å². The summed E-state index contributed by atoms with van der Waals surface area (Å²) in [5.41, 5.74) is 2.25. The molecule has 0 aromatic carbocycles. The molecule has 1 unspecified atom stereocenters. The van der Waals surface area contributed by atoms with Crippen molar-refractivity contribution in [1.82, 2.24) is 19.4 Å². The highest BCUT2D eigenvalue weighted by Crippen LogP contribution is 2.38. The number of hydrogen-bond donors (Lipinski definition) is 1. The monoisotopic (exact) mass is 276 g/mol. The van der Waals surface area contributed by atoms with Crippen LogP contribution in [0.5, 0.6) is 0 Å². The molecule has 19 heavy (non-hydrogen) atoms. The lowest BCUT2D eigenvalue weighted by Crippen LogP contribution is -2.31. The molecule has 1 atom stereocenters. The number of hydrogen-bond acceptors (Lipinski definition) is 3. The van der Waals surface area contributed by atoms with E-state index in [1.54, 1.807) is 18.1 Å². The van der Waals surface area contributed by atoms with Crippen molar-refractivity contribution in [1.29, 1.82) is 0 Å². The third-order valence-electron chi connectivity index (χ3n) is 3.38. The van der Waals surface area contributed by atoms with E-state index in [0.29, 0.717) is 5.75 Å². The van der Waals surface area contributed by atoms with Gasteiger partial charge in [-0.15, -0.1) is 11.8 Å². The number of carbonyl (C=O) groups excluding carboxylic acids is 1. The fraction of sp³-hybridized carbons (Fsp3) is 0.385. The third-order valence-corrected chi connectivity index (χ3v) is 4.61. The number of aromatic nitrogens is 3. The van der Waals surface area contributed by atoms with Crippen molar-refractivity contribution in [3.8, 4) is 0 Å². The van der Waals surface area contributed by atoms with Crippen LogP contribution in [0.3, 0.4) is 0 Å². The number of amides is 1. The lowest BCUT2D eigenvalue weighted by atomic mass is 10.3. The second-order valence-corrected chi connectivity index (χ2v) is 5.69. The summed E-state index contributed by atoms with van der Waals surface area (Å²) in [5, 5.41) is 0.135. The van der Waals surface area contributed by atoms with E-state index in [1.807, 2.05) is 30.4 Å². The summed E-state index contributed by atoms with van der Waals surface area (Å²) < 4.78 is 2.08. The highest BCUT2D eigenvalue weighted by atomic mass is 32.2. The summed E-state index contributed by atoms with van der Waals surface area (Å²) >= 11 is 1.70. The molecule has 2 aromatic heterocycles. The Balaban J connectivity index is 1.74. The number of H-pyrrole nitrogens is 1. The van der Waals surface area contributed by atoms with Crippen molar-refractivity contribution in [2.75, 3.05) is 12.3 Å². The molecular formula is C13H16N4OS. The van der Waals surface area contributed by atoms with Crippen molar-refractivity contribution >= 4 is 17.7 Å². The number of imidazole rings is 1. The fourth-order valence-corrected chi connectivity index (χ4v) is 3.62. The van der Waals surface area contributed by atoms with E-state index in [2.05, 4.69) is 20.6 Å². The number of nitrogens with one attached hydrogen (secondary N) is 1. The van der Waals surface area contributed by atoms with Gasteiger partial charge in [-0.25, -0.2) is 4.98 Å². The molecular weight excluding hydrogens is 260 g/mol. The molecule has 5 nitrogen and oxygen atoms in total. The second kappa shape index (κ2) is 5.13. The van der Waals surface area contributed by atoms with Gasteiger partial charge in [0.1, 0.15) is 5.37 Å². The second-order valence-electron chi connectivity index (χ2n) is 4.62. The van der Waals surface area contributed by atoms with E-state index in [0.717, 1.165) is 18.7 Å². The summed E-state index contributed by atoms with van der Waals surface area (Å²) in [6, 6.07) is 4.10. The van der Waals surface area contributed by atoms with Crippen LogP contribution in [0.25, 0.3) is 0 Å². The van der Waals surface area contributed by atoms with Crippen LogP contribution in [-0.2, 0) is 18.3 Å². The molecule has 0 saturated carbocycles. The van der Waals surface area contributed by atoms with Crippen molar-refractivity contribution in [3.05, 3.63) is 42.2 Å². The zero-order valence-corrected chi connectivity index (χ0v) is 11.6. The molecule has 3 heterocycles. The van der Waals surface area contributed by atoms with Gasteiger partial charge in [0.15, 0.2) is 0 Å². The average molecular weight is 276 g/mol. The smallest absolute Gasteiger partial charge is 0.233 e. The van der Waals surface area contributed by atoms with Crippen molar-refractivity contribution in [2.24, 2.45) is 7.05 Å². The lowest BCUT2D eigenvalue weighted by Gasteiger charge is -2.24. The van der Waals surface area contributed by atoms with Crippen LogP contribution in [0, 0.1) is 0 Å². The van der Waals surface area contributed by atoms with Gasteiger partial charge >= 0.3 is 0 Å². The minimum atomic E-state index is 0.135. The maximum absolute atomic E-state index is 12.0. The predicted molar refractivity (Wildman–Crippen MR) is 74.6 cm³/mol. The Bertz CT molecular complexity index is 563. The summed E-state index contributed by atoms with van der Waals surface area (Å²) in [6.45, 7) is 0.726. The normalized spacial score (nSPS) is 19.3. The summed E-state index contributed by atoms with van der Waals surface area (Å²) in [4.78, 5) is 21.1. The number of carbonyl (C=O) groups is 1. The first kappa shape index (κ1) is 12.3. The molecule has 3 rings (SSSR count). The highest BCUT2D eigenvalue weighted by molar-refractivity contribution is 8.00. The predicted octanol–water partition coefficient (Wildman–Crippen LogP) is 1.56. The topological polar surface area (TPSA) is 53.9 Å². The molecule has 1 aliphatic rings. The first-order chi connectivity index (χ1) is 9.25. The summed E-state index contributed by atoms with van der Waals surface area (Å²) in [5.74, 6) is 0.787. The molecule has 1 amide bonds. The molecule has 1 N–H and O–H groups in total. The van der Waals surface area contributed by atoms with Crippen LogP contribution in [0.15, 0.2) is 30.9 Å². The number of nitrogens with zero attached hydrogens (tertiary/aromatic N) is 3. The lowest BCUT2D eigenvalue weighted by molar-refractivity contribution is -0.128. The van der Waals surface area contributed by atoms with Gasteiger partial charge < -0.3 is 14.5 Å². The Labute approximate surface area is 116 Å². The van der Waals surface area contributed by atoms with Crippen molar-refractivity contribution in [2.45, 2.75) is 11.8 Å². The number of thioether (sulfide) groups is 1. The minimum Gasteiger partial charge on any atom is -0.352 e. The molecule has 2 aromatic rings. The zero-order valence-electron chi connectivity index (χ0n) is 10.7. The van der Waals surface area contributed by atoms with E-state index < -0.39 is 0 Å². The summed E-state index contributed by atoms with van der Waals surface area (Å²) in [6.07, 6.45) is 6.31. The van der Waals surface area contributed by atoms with Gasteiger partial charge in [0.05, 0.1) is 17.8 Å². The third kappa shape index (κ3) is 2.40. The molecule has 1 fully saturated rings. The van der Waals surface area contributed by atoms with E-state index in [-0.39, 0.29) is 11.3 Å². The number of rotatable bonds is 4. The van der Waals surface area contributed by atoms with Crippen LogP contribution in [-0.4, -0.2) is 37.6 Å². The van der Waals surface area contributed by atoms with Crippen molar-refractivity contribution in [3.63, 3.8) is 0 Å². The van der Waals surface area contributed by atoms with E-state index in [4.69, 9.17) is 0 Å². The van der Waals surface area contributed by atoms with Crippen molar-refractivity contribution < 1.29 is 4.79 Å². The SMILES string of the molecule is Cn1cccc1C1SCC(=O)N1CCc1cnc[nH]1. The molecule has 0 spiro atoms. The Morgan fingerprint density at radius 2 is 2.47 bits per heavy atom. The summed E-state index contributed by atoms with van der Waals surface area (Å²) in [7, 11) is 2.02. The van der Waals surface area contributed by atoms with Crippen LogP contribution in [0.2, 0.25) is 0 Å². The maximum atomic E-state index is 12.0. The Morgan fingerprint density at radius 3 is 3.16 bits per heavy atom. The van der Waals surface area contributed by atoms with Gasteiger partial charge in [-0.1, -0.05) is 0 Å². The molecule has 0 radical (unpaired) electrons. The largest absolute Gasteiger partial charge is 0.352 e. The standard InChI is InChI=1S/C13H16N4OS/c1-16-5-2-3-11(16)13-17(12(18)8-19-13)6-4-10-7-14-9-15-10/h2-3,5,7,9,13H,4,6,8H2,1H3,(H,14,15). The van der Waals surface area contributed by atoms with Crippen LogP contribution >= 0.6 is 11.8 Å². The van der Waals surface area contributed by atoms with E-state index in [9.17, 15) is 4.79 Å². The average Bonchev–Trinajstić information content (AvgIpc) is 3.09. The van der Waals surface area contributed by atoms with E-state index in [1.165, 1.54) is 5.69 Å². The Kier molecular flexibility index (Phi) is 3.33. The molecule has 1 aliphatic heterocycles. The Morgan fingerprint density at radius 1 is 1.58 bits per heavy atom. The maximum Gasteiger partial charge on any atom is 0.233 e. The zero-order chi connectivity index (χ0) is 13.2. The first-order valence-corrected chi connectivity index (χ1v) is 7.30. The highest BCUT2D eigenvalue weighted by Gasteiger charge is 2.33. The van der Waals surface area contributed by atoms with Crippen LogP contribution < -0.4 is 0 Å². The quantitative estimate of drug-likeness (QED) is 0.922. The molecule has 0 bridgehead atoms. The first-order valence-electron chi connectivity index (χ1n) is 6.25. The minimum absolute atomic E-state index is 0.135. The van der Waals surface area contributed by atoms with Gasteiger partial charge in [-0.2, -0.15) is 0 Å². The Hall–Kier alpha value is -1.69. The molecule has 100 valence electrons. The van der Waals surface area contributed by atoms with Gasteiger partial charge in [0.2, 0.25) is 5.91 Å². The van der Waals surface area contributed by atoms with Gasteiger partial charge in [-0.05, 0) is 12.1 Å².